The van der Waals surface area contributed by atoms with Gasteiger partial charge >= 0.3 is 0 Å². The predicted molar refractivity (Wildman–Crippen MR) is 114 cm³/mol. The molecule has 0 aliphatic heterocycles. The summed E-state index contributed by atoms with van der Waals surface area (Å²) in [5.74, 6) is -0.377. The van der Waals surface area contributed by atoms with Crippen molar-refractivity contribution in [3.8, 4) is 0 Å². The van der Waals surface area contributed by atoms with Crippen LogP contribution in [-0.4, -0.2) is 41.0 Å². The molecule has 1 aliphatic carbocycles. The second-order valence-electron chi connectivity index (χ2n) is 7.63. The van der Waals surface area contributed by atoms with Crippen LogP contribution in [0.1, 0.15) is 46.0 Å². The smallest absolute Gasteiger partial charge is 0.263 e. The highest BCUT2D eigenvalue weighted by Gasteiger charge is 2.39. The standard InChI is InChI=1S/C23H25N3O4/c1-3-30-21-11-15(21)10-20(27)16-9-18(22(28)24-2)23(29)26(13-16)12-14-5-4-6-19-17(14)7-8-25-19/h4-9,13,15,21,25H,3,10-12H2,1-2H3,(H,24,28). The maximum absolute atomic E-state index is 13.0. The number of pyridine rings is 1. The Morgan fingerprint density at radius 1 is 1.30 bits per heavy atom. The highest BCUT2D eigenvalue weighted by molar-refractivity contribution is 6.00. The Balaban J connectivity index is 1.68. The molecule has 1 aromatic carbocycles. The van der Waals surface area contributed by atoms with Gasteiger partial charge < -0.3 is 19.6 Å². The number of benzene rings is 1. The third-order valence-electron chi connectivity index (χ3n) is 5.59. The summed E-state index contributed by atoms with van der Waals surface area (Å²) >= 11 is 0. The van der Waals surface area contributed by atoms with Crippen molar-refractivity contribution in [3.05, 3.63) is 69.8 Å². The molecule has 0 bridgehead atoms. The molecule has 30 heavy (non-hydrogen) atoms. The molecule has 1 fully saturated rings. The Morgan fingerprint density at radius 2 is 2.13 bits per heavy atom. The van der Waals surface area contributed by atoms with E-state index in [-0.39, 0.29) is 29.9 Å². The molecular formula is C23H25N3O4. The summed E-state index contributed by atoms with van der Waals surface area (Å²) in [5, 5.41) is 3.49. The Kier molecular flexibility index (Phi) is 5.55. The Hall–Kier alpha value is -3.19. The zero-order chi connectivity index (χ0) is 21.3. The molecular weight excluding hydrogens is 382 g/mol. The number of H-pyrrole nitrogens is 1. The average molecular weight is 407 g/mol. The van der Waals surface area contributed by atoms with E-state index in [2.05, 4.69) is 10.3 Å². The fourth-order valence-corrected chi connectivity index (χ4v) is 3.88. The molecule has 156 valence electrons. The van der Waals surface area contributed by atoms with E-state index in [1.165, 1.54) is 17.7 Å². The molecule has 0 radical (unpaired) electrons. The molecule has 0 spiro atoms. The van der Waals surface area contributed by atoms with E-state index in [1.54, 1.807) is 6.20 Å². The quantitative estimate of drug-likeness (QED) is 0.562. The van der Waals surface area contributed by atoms with Crippen LogP contribution in [0.2, 0.25) is 0 Å². The number of aromatic amines is 1. The molecule has 7 nitrogen and oxygen atoms in total. The van der Waals surface area contributed by atoms with Gasteiger partial charge in [-0.1, -0.05) is 12.1 Å². The van der Waals surface area contributed by atoms with Crippen molar-refractivity contribution in [2.75, 3.05) is 13.7 Å². The van der Waals surface area contributed by atoms with Gasteiger partial charge in [0.25, 0.3) is 11.5 Å². The SMILES string of the molecule is CCOC1CC1CC(=O)c1cc(C(=O)NC)c(=O)n(Cc2cccc3[nH]ccc23)c1. The van der Waals surface area contributed by atoms with Gasteiger partial charge in [0.1, 0.15) is 5.56 Å². The molecule has 2 heterocycles. The summed E-state index contributed by atoms with van der Waals surface area (Å²) in [6, 6.07) is 9.17. The van der Waals surface area contributed by atoms with Crippen molar-refractivity contribution in [3.63, 3.8) is 0 Å². The molecule has 3 aromatic rings. The Bertz CT molecular complexity index is 1160. The molecule has 0 saturated heterocycles. The summed E-state index contributed by atoms with van der Waals surface area (Å²) in [7, 11) is 1.47. The maximum Gasteiger partial charge on any atom is 0.263 e. The zero-order valence-corrected chi connectivity index (χ0v) is 17.1. The first kappa shape index (κ1) is 20.1. The lowest BCUT2D eigenvalue weighted by atomic mass is 10.0. The van der Waals surface area contributed by atoms with Gasteiger partial charge in [-0.3, -0.25) is 14.4 Å². The van der Waals surface area contributed by atoms with Gasteiger partial charge in [-0.05, 0) is 43.0 Å². The summed E-state index contributed by atoms with van der Waals surface area (Å²) in [6.45, 7) is 2.84. The van der Waals surface area contributed by atoms with Gasteiger partial charge in [0.05, 0.1) is 12.6 Å². The molecule has 2 N–H and O–H groups in total. The molecule has 4 rings (SSSR count). The number of rotatable bonds is 8. The fraction of sp³-hybridized carbons (Fsp3) is 0.348. The van der Waals surface area contributed by atoms with Crippen LogP contribution < -0.4 is 10.9 Å². The summed E-state index contributed by atoms with van der Waals surface area (Å²) in [5.41, 5.74) is 1.83. The summed E-state index contributed by atoms with van der Waals surface area (Å²) in [4.78, 5) is 41.3. The van der Waals surface area contributed by atoms with Gasteiger partial charge in [0.2, 0.25) is 0 Å². The number of nitrogens with one attached hydrogen (secondary N) is 2. The highest BCUT2D eigenvalue weighted by Crippen LogP contribution is 2.37. The zero-order valence-electron chi connectivity index (χ0n) is 17.1. The van der Waals surface area contributed by atoms with Crippen molar-refractivity contribution in [1.29, 1.82) is 0 Å². The first-order chi connectivity index (χ1) is 14.5. The van der Waals surface area contributed by atoms with Gasteiger partial charge in [-0.2, -0.15) is 0 Å². The maximum atomic E-state index is 13.0. The molecule has 2 unspecified atom stereocenters. The number of carbonyl (C=O) groups excluding carboxylic acids is 2. The molecule has 7 heteroatoms. The van der Waals surface area contributed by atoms with Crippen LogP contribution in [0.3, 0.4) is 0 Å². The van der Waals surface area contributed by atoms with Crippen molar-refractivity contribution < 1.29 is 14.3 Å². The minimum Gasteiger partial charge on any atom is -0.378 e. The van der Waals surface area contributed by atoms with Gasteiger partial charge in [-0.15, -0.1) is 0 Å². The highest BCUT2D eigenvalue weighted by atomic mass is 16.5. The van der Waals surface area contributed by atoms with E-state index < -0.39 is 11.5 Å². The van der Waals surface area contributed by atoms with E-state index in [4.69, 9.17) is 4.74 Å². The first-order valence-electron chi connectivity index (χ1n) is 10.2. The van der Waals surface area contributed by atoms with E-state index in [9.17, 15) is 14.4 Å². The lowest BCUT2D eigenvalue weighted by Crippen LogP contribution is -2.32. The molecule has 2 aromatic heterocycles. The van der Waals surface area contributed by atoms with Crippen LogP contribution in [0, 0.1) is 5.92 Å². The lowest BCUT2D eigenvalue weighted by Gasteiger charge is -2.12. The van der Waals surface area contributed by atoms with Crippen LogP contribution in [0.15, 0.2) is 47.5 Å². The van der Waals surface area contributed by atoms with E-state index in [0.717, 1.165) is 22.9 Å². The van der Waals surface area contributed by atoms with Crippen LogP contribution in [0.5, 0.6) is 0 Å². The monoisotopic (exact) mass is 407 g/mol. The van der Waals surface area contributed by atoms with Crippen LogP contribution >= 0.6 is 0 Å². The van der Waals surface area contributed by atoms with Crippen LogP contribution in [-0.2, 0) is 11.3 Å². The topological polar surface area (TPSA) is 93.2 Å². The second-order valence-corrected chi connectivity index (χ2v) is 7.63. The third kappa shape index (κ3) is 3.93. The average Bonchev–Trinajstić information content (AvgIpc) is 3.27. The molecule has 1 aliphatic rings. The van der Waals surface area contributed by atoms with Crippen molar-refractivity contribution in [2.24, 2.45) is 5.92 Å². The van der Waals surface area contributed by atoms with E-state index in [0.29, 0.717) is 18.6 Å². The second kappa shape index (κ2) is 8.28. The largest absolute Gasteiger partial charge is 0.378 e. The number of carbonyl (C=O) groups is 2. The minimum absolute atomic E-state index is 0.0262. The predicted octanol–water partition coefficient (Wildman–Crippen LogP) is 2.74. The van der Waals surface area contributed by atoms with Gasteiger partial charge in [-0.25, -0.2) is 0 Å². The number of nitrogens with zero attached hydrogens (tertiary/aromatic N) is 1. The number of Topliss-reactive ketones (excluding diaryl/α,β-unsaturated/α-hetero) is 1. The first-order valence-corrected chi connectivity index (χ1v) is 10.2. The van der Waals surface area contributed by atoms with E-state index in [1.807, 2.05) is 37.4 Å². The molecule has 1 amide bonds. The number of amides is 1. The summed E-state index contributed by atoms with van der Waals surface area (Å²) in [6.07, 6.45) is 4.77. The number of ether oxygens (including phenoxy) is 1. The number of hydrogen-bond donors (Lipinski definition) is 2. The number of fused-ring (bicyclic) bond motifs is 1. The molecule has 2 atom stereocenters. The molecule has 1 saturated carbocycles. The summed E-state index contributed by atoms with van der Waals surface area (Å²) < 4.78 is 7.01. The Labute approximate surface area is 174 Å². The van der Waals surface area contributed by atoms with Crippen molar-refractivity contribution in [2.45, 2.75) is 32.4 Å². The van der Waals surface area contributed by atoms with Crippen molar-refractivity contribution in [1.82, 2.24) is 14.9 Å². The van der Waals surface area contributed by atoms with E-state index >= 15 is 0 Å². The third-order valence-corrected chi connectivity index (χ3v) is 5.59. The Morgan fingerprint density at radius 3 is 2.90 bits per heavy atom. The lowest BCUT2D eigenvalue weighted by molar-refractivity contribution is 0.0931. The van der Waals surface area contributed by atoms with Gasteiger partial charge in [0.15, 0.2) is 5.78 Å². The fourth-order valence-electron chi connectivity index (χ4n) is 3.88. The number of hydrogen-bond acceptors (Lipinski definition) is 4. The van der Waals surface area contributed by atoms with Crippen LogP contribution in [0.4, 0.5) is 0 Å². The number of aromatic nitrogens is 2. The minimum atomic E-state index is -0.498. The normalized spacial score (nSPS) is 17.8. The van der Waals surface area contributed by atoms with Crippen LogP contribution in [0.25, 0.3) is 10.9 Å². The van der Waals surface area contributed by atoms with Crippen molar-refractivity contribution >= 4 is 22.6 Å². The number of ketones is 1. The van der Waals surface area contributed by atoms with Gasteiger partial charge in [0, 0.05) is 48.9 Å².